The van der Waals surface area contributed by atoms with Crippen LogP contribution >= 0.6 is 0 Å². The monoisotopic (exact) mass is 386 g/mol. The summed E-state index contributed by atoms with van der Waals surface area (Å²) in [5.74, 6) is 0.485. The fourth-order valence-electron chi connectivity index (χ4n) is 6.32. The molecule has 0 amide bonds. The van der Waals surface area contributed by atoms with E-state index in [4.69, 9.17) is 5.11 Å². The molecule has 0 aromatic heterocycles. The minimum Gasteiger partial charge on any atom is -0.481 e. The van der Waals surface area contributed by atoms with Crippen molar-refractivity contribution in [3.05, 3.63) is 23.3 Å². The summed E-state index contributed by atoms with van der Waals surface area (Å²) in [6, 6.07) is 0. The second-order valence-corrected chi connectivity index (χ2v) is 9.63. The number of fused-ring (bicyclic) bond motifs is 1. The van der Waals surface area contributed by atoms with Crippen molar-refractivity contribution in [3.8, 4) is 0 Å². The summed E-state index contributed by atoms with van der Waals surface area (Å²) in [4.78, 5) is 23.4. The molecule has 154 valence electrons. The van der Waals surface area contributed by atoms with Crippen LogP contribution in [-0.4, -0.2) is 28.1 Å². The largest absolute Gasteiger partial charge is 0.481 e. The van der Waals surface area contributed by atoms with Gasteiger partial charge in [0.15, 0.2) is 5.78 Å². The number of allylic oxidation sites excluding steroid dienone is 3. The van der Waals surface area contributed by atoms with Crippen molar-refractivity contribution in [1.29, 1.82) is 0 Å². The second kappa shape index (κ2) is 8.52. The van der Waals surface area contributed by atoms with E-state index in [1.165, 1.54) is 43.3 Å². The highest BCUT2D eigenvalue weighted by Crippen LogP contribution is 2.52. The van der Waals surface area contributed by atoms with E-state index in [1.807, 2.05) is 0 Å². The van der Waals surface area contributed by atoms with Crippen molar-refractivity contribution in [3.63, 3.8) is 0 Å². The molecule has 4 aliphatic carbocycles. The number of rotatable bonds is 4. The molecule has 0 bridgehead atoms. The molecule has 0 heterocycles. The standard InChI is InChI=1S/C24H34O4/c25-22(16-4-2-1-3-5-16)11-9-15-6-7-18-12-19(13-21(15)18)17-8-10-20(24(27)28)23(26)14-17/h9,11,15-16,18,20-22,25H,1-8,10,12-14H2,(H,27,28)/b11-9+,19-17?/t15-,18+,20?,21-,22+/m1/s1. The Morgan fingerprint density at radius 2 is 1.79 bits per heavy atom. The third-order valence-corrected chi connectivity index (χ3v) is 8.01. The number of aliphatic hydroxyl groups excluding tert-OH is 1. The van der Waals surface area contributed by atoms with Gasteiger partial charge in [0.25, 0.3) is 0 Å². The van der Waals surface area contributed by atoms with Crippen molar-refractivity contribution < 1.29 is 19.8 Å². The average Bonchev–Trinajstić information content (AvgIpc) is 3.27. The fraction of sp³-hybridized carbons (Fsp3) is 0.750. The summed E-state index contributed by atoms with van der Waals surface area (Å²) >= 11 is 0. The number of aliphatic hydroxyl groups is 1. The van der Waals surface area contributed by atoms with Gasteiger partial charge >= 0.3 is 5.97 Å². The molecule has 2 N–H and O–H groups in total. The molecule has 0 saturated heterocycles. The van der Waals surface area contributed by atoms with Crippen LogP contribution in [0.15, 0.2) is 23.3 Å². The predicted octanol–water partition coefficient (Wildman–Crippen LogP) is 4.67. The Labute approximate surface area is 168 Å². The van der Waals surface area contributed by atoms with E-state index in [0.717, 1.165) is 32.1 Å². The number of hydrogen-bond acceptors (Lipinski definition) is 3. The maximum absolute atomic E-state index is 12.2. The van der Waals surface area contributed by atoms with Gasteiger partial charge in [-0.1, -0.05) is 42.6 Å². The van der Waals surface area contributed by atoms with Crippen molar-refractivity contribution in [1.82, 2.24) is 0 Å². The van der Waals surface area contributed by atoms with E-state index < -0.39 is 11.9 Å². The number of Topliss-reactive ketones (excluding diaryl/α,β-unsaturated/α-hetero) is 1. The van der Waals surface area contributed by atoms with E-state index >= 15 is 0 Å². The van der Waals surface area contributed by atoms with Gasteiger partial charge in [-0.3, -0.25) is 9.59 Å². The average molecular weight is 387 g/mol. The van der Waals surface area contributed by atoms with Gasteiger partial charge < -0.3 is 10.2 Å². The maximum Gasteiger partial charge on any atom is 0.314 e. The lowest BCUT2D eigenvalue weighted by Crippen LogP contribution is -2.28. The van der Waals surface area contributed by atoms with Gasteiger partial charge in [0, 0.05) is 6.42 Å². The van der Waals surface area contributed by atoms with E-state index in [-0.39, 0.29) is 11.9 Å². The quantitative estimate of drug-likeness (QED) is 0.544. The van der Waals surface area contributed by atoms with Gasteiger partial charge in [-0.05, 0) is 75.0 Å². The molecule has 4 nitrogen and oxygen atoms in total. The smallest absolute Gasteiger partial charge is 0.314 e. The minimum atomic E-state index is -0.959. The van der Waals surface area contributed by atoms with E-state index in [9.17, 15) is 14.7 Å². The summed E-state index contributed by atoms with van der Waals surface area (Å²) in [5, 5.41) is 19.7. The Balaban J connectivity index is 1.37. The van der Waals surface area contributed by atoms with Gasteiger partial charge in [0.05, 0.1) is 6.10 Å². The summed E-state index contributed by atoms with van der Waals surface area (Å²) in [7, 11) is 0. The van der Waals surface area contributed by atoms with Crippen LogP contribution in [0.25, 0.3) is 0 Å². The molecule has 4 aliphatic rings. The number of carbonyl (C=O) groups excluding carboxylic acids is 1. The molecule has 28 heavy (non-hydrogen) atoms. The maximum atomic E-state index is 12.2. The van der Waals surface area contributed by atoms with Gasteiger partial charge in [-0.15, -0.1) is 0 Å². The Morgan fingerprint density at radius 3 is 2.50 bits per heavy atom. The SMILES string of the molecule is O=C(O)C1CCC(=C2C[C@@H]3CC[C@H](/C=C/[C@H](O)C4CCCCC4)[C@H]3C2)CC1=O. The Morgan fingerprint density at radius 1 is 1.00 bits per heavy atom. The minimum absolute atomic E-state index is 0.106. The third kappa shape index (κ3) is 4.12. The number of ketones is 1. The molecule has 0 aromatic rings. The zero-order chi connectivity index (χ0) is 19.7. The van der Waals surface area contributed by atoms with Crippen molar-refractivity contribution >= 4 is 11.8 Å². The summed E-state index contributed by atoms with van der Waals surface area (Å²) in [5.41, 5.74) is 2.68. The van der Waals surface area contributed by atoms with Gasteiger partial charge in [0.2, 0.25) is 0 Å². The van der Waals surface area contributed by atoms with Crippen LogP contribution in [0.5, 0.6) is 0 Å². The molecular weight excluding hydrogens is 352 g/mol. The first-order valence-electron chi connectivity index (χ1n) is 11.3. The fourth-order valence-corrected chi connectivity index (χ4v) is 6.32. The van der Waals surface area contributed by atoms with Gasteiger partial charge in [-0.25, -0.2) is 0 Å². The molecule has 4 saturated carbocycles. The van der Waals surface area contributed by atoms with Gasteiger partial charge in [0.1, 0.15) is 5.92 Å². The zero-order valence-electron chi connectivity index (χ0n) is 16.8. The van der Waals surface area contributed by atoms with Crippen LogP contribution in [0.2, 0.25) is 0 Å². The highest BCUT2D eigenvalue weighted by atomic mass is 16.4. The molecule has 4 rings (SSSR count). The van der Waals surface area contributed by atoms with Gasteiger partial charge in [-0.2, -0.15) is 0 Å². The first kappa shape index (κ1) is 19.9. The molecule has 4 fully saturated rings. The normalized spacial score (nSPS) is 38.1. The number of hydrogen-bond donors (Lipinski definition) is 2. The number of carbonyl (C=O) groups is 2. The van der Waals surface area contributed by atoms with E-state index in [2.05, 4.69) is 12.2 Å². The van der Waals surface area contributed by atoms with Crippen LogP contribution in [0, 0.1) is 29.6 Å². The molecule has 0 spiro atoms. The lowest BCUT2D eigenvalue weighted by atomic mass is 9.81. The number of carboxylic acid groups (broad SMARTS) is 1. The molecule has 0 aromatic carbocycles. The predicted molar refractivity (Wildman–Crippen MR) is 108 cm³/mol. The Kier molecular flexibility index (Phi) is 6.05. The highest BCUT2D eigenvalue weighted by molar-refractivity contribution is 6.00. The van der Waals surface area contributed by atoms with Crippen LogP contribution < -0.4 is 0 Å². The van der Waals surface area contributed by atoms with Crippen molar-refractivity contribution in [2.75, 3.05) is 0 Å². The summed E-state index contributed by atoms with van der Waals surface area (Å²) < 4.78 is 0. The van der Waals surface area contributed by atoms with Crippen LogP contribution in [0.3, 0.4) is 0 Å². The Hall–Kier alpha value is -1.42. The van der Waals surface area contributed by atoms with Crippen molar-refractivity contribution in [2.45, 2.75) is 83.2 Å². The van der Waals surface area contributed by atoms with E-state index in [1.54, 1.807) is 0 Å². The lowest BCUT2D eigenvalue weighted by molar-refractivity contribution is -0.146. The second-order valence-electron chi connectivity index (χ2n) is 9.63. The number of carboxylic acids is 1. The van der Waals surface area contributed by atoms with Crippen molar-refractivity contribution in [2.24, 2.45) is 29.6 Å². The third-order valence-electron chi connectivity index (χ3n) is 8.01. The van der Waals surface area contributed by atoms with E-state index in [0.29, 0.717) is 36.5 Å². The number of aliphatic carboxylic acids is 1. The molecular formula is C24H34O4. The molecule has 4 heteroatoms. The topological polar surface area (TPSA) is 74.6 Å². The summed E-state index contributed by atoms with van der Waals surface area (Å²) in [6.07, 6.45) is 16.4. The molecule has 0 aliphatic heterocycles. The van der Waals surface area contributed by atoms with Crippen LogP contribution in [0.4, 0.5) is 0 Å². The first-order valence-corrected chi connectivity index (χ1v) is 11.3. The first-order chi connectivity index (χ1) is 13.5. The van der Waals surface area contributed by atoms with Crippen LogP contribution in [0.1, 0.15) is 77.0 Å². The molecule has 0 radical (unpaired) electrons. The Bertz CT molecular complexity index is 670. The molecule has 1 unspecified atom stereocenters. The highest BCUT2D eigenvalue weighted by Gasteiger charge is 2.42. The van der Waals surface area contributed by atoms with Crippen LogP contribution in [-0.2, 0) is 9.59 Å². The lowest BCUT2D eigenvalue weighted by Gasteiger charge is -2.25. The zero-order valence-corrected chi connectivity index (χ0v) is 16.8. The molecule has 5 atom stereocenters. The summed E-state index contributed by atoms with van der Waals surface area (Å²) in [6.45, 7) is 0.